The Labute approximate surface area is 221 Å². The number of rotatable bonds is 7. The summed E-state index contributed by atoms with van der Waals surface area (Å²) in [5.74, 6) is 0.773. The van der Waals surface area contributed by atoms with E-state index in [2.05, 4.69) is 20.4 Å². The van der Waals surface area contributed by atoms with Crippen LogP contribution in [0.5, 0.6) is 0 Å². The predicted octanol–water partition coefficient (Wildman–Crippen LogP) is 4.33. The second kappa shape index (κ2) is 10.9. The van der Waals surface area contributed by atoms with Gasteiger partial charge in [-0.25, -0.2) is 8.42 Å². The molecule has 0 unspecified atom stereocenters. The van der Waals surface area contributed by atoms with E-state index in [0.717, 1.165) is 31.5 Å². The van der Waals surface area contributed by atoms with Gasteiger partial charge in [-0.3, -0.25) is 9.69 Å². The number of piperidine rings is 1. The fourth-order valence-corrected chi connectivity index (χ4v) is 6.83. The molecular weight excluding hydrogens is 514 g/mol. The van der Waals surface area contributed by atoms with E-state index in [1.807, 2.05) is 12.1 Å². The van der Waals surface area contributed by atoms with Crippen LogP contribution < -0.4 is 5.32 Å². The summed E-state index contributed by atoms with van der Waals surface area (Å²) in [5.41, 5.74) is 1.98. The zero-order valence-corrected chi connectivity index (χ0v) is 22.3. The third-order valence-electron chi connectivity index (χ3n) is 7.01. The Bertz CT molecular complexity index is 1380. The number of amides is 1. The van der Waals surface area contributed by atoms with Gasteiger partial charge in [0.2, 0.25) is 27.6 Å². The molecule has 1 amide bonds. The minimum Gasteiger partial charge on any atom is -0.338 e. The van der Waals surface area contributed by atoms with Crippen molar-refractivity contribution in [2.75, 3.05) is 31.5 Å². The number of aryl methyl sites for hydroxylation is 1. The third kappa shape index (κ3) is 5.87. The molecule has 3 heterocycles. The average Bonchev–Trinajstić information content (AvgIpc) is 3.59. The Kier molecular flexibility index (Phi) is 7.62. The Hall–Kier alpha value is -2.79. The first kappa shape index (κ1) is 25.8. The van der Waals surface area contributed by atoms with Crippen molar-refractivity contribution in [2.45, 2.75) is 44.0 Å². The van der Waals surface area contributed by atoms with Crippen molar-refractivity contribution >= 4 is 33.2 Å². The van der Waals surface area contributed by atoms with Crippen molar-refractivity contribution in [1.82, 2.24) is 19.3 Å². The number of likely N-dealkylation sites (tertiary alicyclic amines) is 1. The molecule has 2 aliphatic rings. The van der Waals surface area contributed by atoms with Gasteiger partial charge < -0.3 is 9.84 Å². The van der Waals surface area contributed by atoms with E-state index in [1.165, 1.54) is 4.31 Å². The van der Waals surface area contributed by atoms with Gasteiger partial charge in [0, 0.05) is 35.3 Å². The Morgan fingerprint density at radius 3 is 2.59 bits per heavy atom. The molecular formula is C26H30ClN5O4S. The number of nitrogens with zero attached hydrogens (tertiary/aromatic N) is 4. The minimum atomic E-state index is -3.56. The molecule has 1 N–H and O–H groups in total. The number of hydrogen-bond acceptors (Lipinski definition) is 7. The van der Waals surface area contributed by atoms with Crippen LogP contribution in [0.4, 0.5) is 5.69 Å². The zero-order valence-electron chi connectivity index (χ0n) is 20.7. The minimum absolute atomic E-state index is 0.0888. The van der Waals surface area contributed by atoms with Gasteiger partial charge in [0.05, 0.1) is 11.4 Å². The van der Waals surface area contributed by atoms with Crippen LogP contribution in [0, 0.1) is 12.8 Å². The molecule has 2 fully saturated rings. The van der Waals surface area contributed by atoms with Gasteiger partial charge in [-0.1, -0.05) is 35.0 Å². The SMILES string of the molecule is Cc1ccc(NC(=O)C2CCN(Cc3nc(-c4cccc(Cl)c4)no3)CC2)cc1S(=O)(=O)N1CCCC1. The number of hydrogen-bond donors (Lipinski definition) is 1. The first-order valence-corrected chi connectivity index (χ1v) is 14.3. The van der Waals surface area contributed by atoms with E-state index in [1.54, 1.807) is 37.3 Å². The highest BCUT2D eigenvalue weighted by atomic mass is 35.5. The second-order valence-corrected chi connectivity index (χ2v) is 12.0. The van der Waals surface area contributed by atoms with E-state index in [4.69, 9.17) is 16.1 Å². The maximum Gasteiger partial charge on any atom is 0.243 e. The number of anilines is 1. The van der Waals surface area contributed by atoms with Crippen molar-refractivity contribution in [3.05, 3.63) is 58.9 Å². The largest absolute Gasteiger partial charge is 0.338 e. The van der Waals surface area contributed by atoms with Crippen LogP contribution in [0.1, 0.15) is 37.1 Å². The lowest BCUT2D eigenvalue weighted by Crippen LogP contribution is -2.37. The normalized spacial score (nSPS) is 17.8. The number of aromatic nitrogens is 2. The van der Waals surface area contributed by atoms with E-state index in [-0.39, 0.29) is 16.7 Å². The standard InChI is InChI=1S/C26H30ClN5O4S/c1-18-7-8-22(16-23(18)37(34,35)32-11-2-3-12-32)28-26(33)19-9-13-31(14-10-19)17-24-29-25(30-36-24)20-5-4-6-21(27)15-20/h4-8,15-16,19H,2-3,9-14,17H2,1H3,(H,28,33). The van der Waals surface area contributed by atoms with Gasteiger partial charge in [-0.05, 0) is 75.5 Å². The molecule has 196 valence electrons. The van der Waals surface area contributed by atoms with E-state index < -0.39 is 10.0 Å². The number of carbonyl (C=O) groups is 1. The first-order chi connectivity index (χ1) is 17.8. The van der Waals surface area contributed by atoms with Gasteiger partial charge in [-0.2, -0.15) is 9.29 Å². The maximum absolute atomic E-state index is 13.1. The van der Waals surface area contributed by atoms with E-state index >= 15 is 0 Å². The maximum atomic E-state index is 13.1. The van der Waals surface area contributed by atoms with E-state index in [9.17, 15) is 13.2 Å². The Morgan fingerprint density at radius 2 is 1.86 bits per heavy atom. The van der Waals surface area contributed by atoms with Crippen LogP contribution in [0.25, 0.3) is 11.4 Å². The average molecular weight is 544 g/mol. The number of carbonyl (C=O) groups excluding carboxylic acids is 1. The number of benzene rings is 2. The molecule has 3 aromatic rings. The van der Waals surface area contributed by atoms with Crippen LogP contribution in [0.15, 0.2) is 51.9 Å². The molecule has 0 spiro atoms. The van der Waals surface area contributed by atoms with Crippen molar-refractivity contribution in [3.63, 3.8) is 0 Å². The first-order valence-electron chi connectivity index (χ1n) is 12.5. The smallest absolute Gasteiger partial charge is 0.243 e. The summed E-state index contributed by atoms with van der Waals surface area (Å²) in [5, 5.41) is 7.61. The summed E-state index contributed by atoms with van der Waals surface area (Å²) < 4.78 is 33.1. The molecule has 11 heteroatoms. The summed E-state index contributed by atoms with van der Waals surface area (Å²) in [4.78, 5) is 19.9. The molecule has 1 aromatic heterocycles. The topological polar surface area (TPSA) is 109 Å². The lowest BCUT2D eigenvalue weighted by molar-refractivity contribution is -0.121. The van der Waals surface area contributed by atoms with Gasteiger partial charge in [0.25, 0.3) is 0 Å². The van der Waals surface area contributed by atoms with Crippen LogP contribution in [0.2, 0.25) is 5.02 Å². The monoisotopic (exact) mass is 543 g/mol. The van der Waals surface area contributed by atoms with Crippen molar-refractivity contribution in [2.24, 2.45) is 5.92 Å². The molecule has 2 saturated heterocycles. The fourth-order valence-electron chi connectivity index (χ4n) is 4.88. The Morgan fingerprint density at radius 1 is 1.11 bits per heavy atom. The van der Waals surface area contributed by atoms with Gasteiger partial charge in [0.1, 0.15) is 0 Å². The summed E-state index contributed by atoms with van der Waals surface area (Å²) in [6.45, 7) is 4.82. The molecule has 5 rings (SSSR count). The van der Waals surface area contributed by atoms with Crippen molar-refractivity contribution in [1.29, 1.82) is 0 Å². The lowest BCUT2D eigenvalue weighted by Gasteiger charge is -2.30. The van der Waals surface area contributed by atoms with Gasteiger partial charge in [-0.15, -0.1) is 0 Å². The molecule has 0 bridgehead atoms. The Balaban J connectivity index is 1.16. The summed E-state index contributed by atoms with van der Waals surface area (Å²) in [6, 6.07) is 12.4. The molecule has 37 heavy (non-hydrogen) atoms. The molecule has 0 atom stereocenters. The lowest BCUT2D eigenvalue weighted by atomic mass is 9.96. The van der Waals surface area contributed by atoms with Crippen molar-refractivity contribution in [3.8, 4) is 11.4 Å². The molecule has 0 saturated carbocycles. The van der Waals surface area contributed by atoms with Gasteiger partial charge >= 0.3 is 0 Å². The van der Waals surface area contributed by atoms with Gasteiger partial charge in [0.15, 0.2) is 0 Å². The molecule has 0 aliphatic carbocycles. The van der Waals surface area contributed by atoms with Crippen molar-refractivity contribution < 1.29 is 17.7 Å². The number of halogens is 1. The highest BCUT2D eigenvalue weighted by Crippen LogP contribution is 2.28. The molecule has 9 nitrogen and oxygen atoms in total. The third-order valence-corrected chi connectivity index (χ3v) is 9.28. The summed E-state index contributed by atoms with van der Waals surface area (Å²) in [7, 11) is -3.56. The summed E-state index contributed by atoms with van der Waals surface area (Å²) in [6.07, 6.45) is 3.13. The number of nitrogens with one attached hydrogen (secondary N) is 1. The molecule has 2 aliphatic heterocycles. The highest BCUT2D eigenvalue weighted by Gasteiger charge is 2.30. The predicted molar refractivity (Wildman–Crippen MR) is 141 cm³/mol. The van der Waals surface area contributed by atoms with Crippen LogP contribution in [0.3, 0.4) is 0 Å². The fraction of sp³-hybridized carbons (Fsp3) is 0.423. The quantitative estimate of drug-likeness (QED) is 0.472. The zero-order chi connectivity index (χ0) is 26.0. The van der Waals surface area contributed by atoms with E-state index in [0.29, 0.717) is 60.5 Å². The number of sulfonamides is 1. The highest BCUT2D eigenvalue weighted by molar-refractivity contribution is 7.89. The second-order valence-electron chi connectivity index (χ2n) is 9.65. The molecule has 0 radical (unpaired) electrons. The van der Waals surface area contributed by atoms with Crippen LogP contribution in [-0.4, -0.2) is 59.8 Å². The summed E-state index contributed by atoms with van der Waals surface area (Å²) >= 11 is 6.05. The van der Waals surface area contributed by atoms with Crippen LogP contribution >= 0.6 is 11.6 Å². The molecule has 2 aromatic carbocycles. The van der Waals surface area contributed by atoms with Crippen LogP contribution in [-0.2, 0) is 21.4 Å².